The van der Waals surface area contributed by atoms with E-state index in [1.807, 2.05) is 0 Å². The Balaban J connectivity index is 2.55. The third-order valence-corrected chi connectivity index (χ3v) is 2.87. The smallest absolute Gasteiger partial charge is 0.150 e. The van der Waals surface area contributed by atoms with Gasteiger partial charge in [0.15, 0.2) is 6.29 Å². The first kappa shape index (κ1) is 12.3. The number of rotatable bonds is 3. The highest BCUT2D eigenvalue weighted by Gasteiger charge is 2.08. The summed E-state index contributed by atoms with van der Waals surface area (Å²) in [6.07, 6.45) is 0.746. The molecule has 0 aliphatic carbocycles. The molecule has 2 rings (SSSR count). The molecule has 0 aromatic heterocycles. The molecule has 0 radical (unpaired) electrons. The Kier molecular flexibility index (Phi) is 3.42. The monoisotopic (exact) mass is 244 g/mol. The molecule has 0 bridgehead atoms. The van der Waals surface area contributed by atoms with E-state index >= 15 is 0 Å². The van der Waals surface area contributed by atoms with Crippen LogP contribution in [0.1, 0.15) is 15.9 Å². The molecule has 2 nitrogen and oxygen atoms in total. The van der Waals surface area contributed by atoms with Gasteiger partial charge >= 0.3 is 0 Å². The second-order valence-corrected chi connectivity index (χ2v) is 4.03. The summed E-state index contributed by atoms with van der Waals surface area (Å²) in [5, 5.41) is 0. The second kappa shape index (κ2) is 5.00. The van der Waals surface area contributed by atoms with Crippen molar-refractivity contribution in [3.05, 3.63) is 53.3 Å². The molecule has 18 heavy (non-hydrogen) atoms. The van der Waals surface area contributed by atoms with Crippen LogP contribution in [-0.4, -0.2) is 13.4 Å². The van der Waals surface area contributed by atoms with Crippen LogP contribution in [0.2, 0.25) is 0 Å². The zero-order valence-electron chi connectivity index (χ0n) is 10.2. The van der Waals surface area contributed by atoms with Gasteiger partial charge in [-0.05, 0) is 47.9 Å². The van der Waals surface area contributed by atoms with Gasteiger partial charge in [-0.25, -0.2) is 4.39 Å². The van der Waals surface area contributed by atoms with E-state index in [-0.39, 0.29) is 5.82 Å². The number of carbonyl (C=O) groups is 1. The number of methoxy groups -OCH3 is 1. The summed E-state index contributed by atoms with van der Waals surface area (Å²) in [7, 11) is 1.54. The first-order chi connectivity index (χ1) is 8.65. The molecule has 0 aliphatic heterocycles. The van der Waals surface area contributed by atoms with Gasteiger partial charge in [0.05, 0.1) is 7.11 Å². The average Bonchev–Trinajstić information content (AvgIpc) is 2.41. The van der Waals surface area contributed by atoms with Gasteiger partial charge in [0.2, 0.25) is 0 Å². The Morgan fingerprint density at radius 1 is 1.17 bits per heavy atom. The highest BCUT2D eigenvalue weighted by molar-refractivity contribution is 5.88. The molecule has 0 atom stereocenters. The van der Waals surface area contributed by atoms with Crippen LogP contribution in [0.5, 0.6) is 5.75 Å². The normalized spacial score (nSPS) is 10.2. The summed E-state index contributed by atoms with van der Waals surface area (Å²) < 4.78 is 18.6. The van der Waals surface area contributed by atoms with E-state index in [2.05, 4.69) is 0 Å². The lowest BCUT2D eigenvalue weighted by Gasteiger charge is -2.08. The van der Waals surface area contributed by atoms with Crippen LogP contribution in [0.25, 0.3) is 11.1 Å². The van der Waals surface area contributed by atoms with Gasteiger partial charge in [-0.1, -0.05) is 12.1 Å². The minimum absolute atomic E-state index is 0.278. The molecule has 0 heterocycles. The maximum atomic E-state index is 13.5. The number of halogens is 1. The standard InChI is InChI=1S/C15H13FO2/c1-10-3-4-11(8-15(10)16)14-6-5-13(18-2)7-12(14)9-17/h3-9H,1-2H3. The molecule has 3 heteroatoms. The zero-order chi connectivity index (χ0) is 13.1. The van der Waals surface area contributed by atoms with E-state index in [1.54, 1.807) is 37.3 Å². The van der Waals surface area contributed by atoms with Crippen molar-refractivity contribution in [1.29, 1.82) is 0 Å². The van der Waals surface area contributed by atoms with E-state index in [0.717, 1.165) is 6.29 Å². The summed E-state index contributed by atoms with van der Waals surface area (Å²) in [5.41, 5.74) is 2.45. The second-order valence-electron chi connectivity index (χ2n) is 4.03. The SMILES string of the molecule is COc1ccc(-c2ccc(C)c(F)c2)c(C=O)c1. The average molecular weight is 244 g/mol. The Hall–Kier alpha value is -2.16. The van der Waals surface area contributed by atoms with Crippen molar-refractivity contribution in [2.24, 2.45) is 0 Å². The van der Waals surface area contributed by atoms with E-state index in [0.29, 0.717) is 28.0 Å². The summed E-state index contributed by atoms with van der Waals surface area (Å²) in [4.78, 5) is 11.1. The van der Waals surface area contributed by atoms with Crippen molar-refractivity contribution < 1.29 is 13.9 Å². The third-order valence-electron chi connectivity index (χ3n) is 2.87. The quantitative estimate of drug-likeness (QED) is 0.771. The van der Waals surface area contributed by atoms with Crippen LogP contribution >= 0.6 is 0 Å². The lowest BCUT2D eigenvalue weighted by Crippen LogP contribution is -1.92. The highest BCUT2D eigenvalue weighted by atomic mass is 19.1. The molecule has 0 saturated heterocycles. The number of aldehydes is 1. The van der Waals surface area contributed by atoms with Gasteiger partial charge in [-0.3, -0.25) is 4.79 Å². The van der Waals surface area contributed by atoms with Crippen molar-refractivity contribution in [1.82, 2.24) is 0 Å². The van der Waals surface area contributed by atoms with E-state index in [1.165, 1.54) is 13.2 Å². The molecule has 2 aromatic rings. The molecule has 0 saturated carbocycles. The van der Waals surface area contributed by atoms with Gasteiger partial charge < -0.3 is 4.74 Å². The fraction of sp³-hybridized carbons (Fsp3) is 0.133. The van der Waals surface area contributed by atoms with Gasteiger partial charge in [0.25, 0.3) is 0 Å². The van der Waals surface area contributed by atoms with E-state index in [4.69, 9.17) is 4.74 Å². The fourth-order valence-electron chi connectivity index (χ4n) is 1.79. The topological polar surface area (TPSA) is 26.3 Å². The molecule has 92 valence electrons. The number of carbonyl (C=O) groups excluding carboxylic acids is 1. The molecule has 0 aliphatic rings. The van der Waals surface area contributed by atoms with E-state index < -0.39 is 0 Å². The van der Waals surface area contributed by atoms with Crippen LogP contribution in [0.15, 0.2) is 36.4 Å². The minimum atomic E-state index is -0.278. The van der Waals surface area contributed by atoms with Gasteiger partial charge in [-0.2, -0.15) is 0 Å². The van der Waals surface area contributed by atoms with Crippen molar-refractivity contribution in [3.8, 4) is 16.9 Å². The van der Waals surface area contributed by atoms with Crippen molar-refractivity contribution in [2.75, 3.05) is 7.11 Å². The number of benzene rings is 2. The van der Waals surface area contributed by atoms with Gasteiger partial charge in [0, 0.05) is 5.56 Å². The van der Waals surface area contributed by atoms with Gasteiger partial charge in [-0.15, -0.1) is 0 Å². The molecule has 0 spiro atoms. The Bertz CT molecular complexity index is 591. The lowest BCUT2D eigenvalue weighted by molar-refractivity contribution is 0.112. The van der Waals surface area contributed by atoms with E-state index in [9.17, 15) is 9.18 Å². The maximum Gasteiger partial charge on any atom is 0.150 e. The van der Waals surface area contributed by atoms with Crippen LogP contribution in [0.3, 0.4) is 0 Å². The molecule has 0 amide bonds. The summed E-state index contributed by atoms with van der Waals surface area (Å²) in [6.45, 7) is 1.70. The Morgan fingerprint density at radius 3 is 2.56 bits per heavy atom. The predicted octanol–water partition coefficient (Wildman–Crippen LogP) is 3.62. The summed E-state index contributed by atoms with van der Waals surface area (Å²) >= 11 is 0. The predicted molar refractivity (Wildman–Crippen MR) is 68.5 cm³/mol. The first-order valence-corrected chi connectivity index (χ1v) is 5.55. The fourth-order valence-corrected chi connectivity index (χ4v) is 1.79. The molecule has 0 N–H and O–H groups in total. The molecule has 0 fully saturated rings. The first-order valence-electron chi connectivity index (χ1n) is 5.55. The molecular weight excluding hydrogens is 231 g/mol. The number of hydrogen-bond acceptors (Lipinski definition) is 2. The number of aryl methyl sites for hydroxylation is 1. The summed E-state index contributed by atoms with van der Waals surface area (Å²) in [6, 6.07) is 10.1. The highest BCUT2D eigenvalue weighted by Crippen LogP contribution is 2.27. The molecule has 2 aromatic carbocycles. The number of hydrogen-bond donors (Lipinski definition) is 0. The van der Waals surface area contributed by atoms with Crippen LogP contribution in [-0.2, 0) is 0 Å². The minimum Gasteiger partial charge on any atom is -0.497 e. The molecule has 0 unspecified atom stereocenters. The van der Waals surface area contributed by atoms with Crippen LogP contribution in [0.4, 0.5) is 4.39 Å². The van der Waals surface area contributed by atoms with Crippen molar-refractivity contribution in [3.63, 3.8) is 0 Å². The third kappa shape index (κ3) is 2.25. The lowest BCUT2D eigenvalue weighted by atomic mass is 9.99. The maximum absolute atomic E-state index is 13.5. The number of ether oxygens (including phenoxy) is 1. The zero-order valence-corrected chi connectivity index (χ0v) is 10.2. The summed E-state index contributed by atoms with van der Waals surface area (Å²) in [5.74, 6) is 0.327. The largest absolute Gasteiger partial charge is 0.497 e. The van der Waals surface area contributed by atoms with Crippen LogP contribution < -0.4 is 4.74 Å². The Morgan fingerprint density at radius 2 is 1.94 bits per heavy atom. The van der Waals surface area contributed by atoms with Crippen molar-refractivity contribution >= 4 is 6.29 Å². The Labute approximate surface area is 105 Å². The van der Waals surface area contributed by atoms with Gasteiger partial charge in [0.1, 0.15) is 11.6 Å². The molecular formula is C15H13FO2. The van der Waals surface area contributed by atoms with Crippen LogP contribution in [0, 0.1) is 12.7 Å². The van der Waals surface area contributed by atoms with Crippen molar-refractivity contribution in [2.45, 2.75) is 6.92 Å².